The van der Waals surface area contributed by atoms with Crippen molar-refractivity contribution in [3.63, 3.8) is 0 Å². The third-order valence-corrected chi connectivity index (χ3v) is 6.08. The zero-order valence-corrected chi connectivity index (χ0v) is 19.7. The Labute approximate surface area is 189 Å². The van der Waals surface area contributed by atoms with E-state index in [2.05, 4.69) is 5.32 Å². The van der Waals surface area contributed by atoms with Crippen LogP contribution in [0.2, 0.25) is 0 Å². The van der Waals surface area contributed by atoms with Crippen LogP contribution in [0.1, 0.15) is 12.5 Å². The number of hydrogen-bond donors (Lipinski definition) is 1. The molecule has 1 unspecified atom stereocenters. The summed E-state index contributed by atoms with van der Waals surface area (Å²) >= 11 is 0. The van der Waals surface area contributed by atoms with Gasteiger partial charge in [0, 0.05) is 13.6 Å². The van der Waals surface area contributed by atoms with Crippen molar-refractivity contribution >= 4 is 27.5 Å². The molecule has 0 saturated heterocycles. The molecule has 1 N–H and O–H groups in total. The Hall–Kier alpha value is -3.27. The lowest BCUT2D eigenvalue weighted by Crippen LogP contribution is -2.50. The minimum absolute atomic E-state index is 0.102. The molecule has 0 aliphatic heterocycles. The van der Waals surface area contributed by atoms with E-state index in [9.17, 15) is 18.0 Å². The van der Waals surface area contributed by atoms with Gasteiger partial charge in [-0.25, -0.2) is 8.42 Å². The number of carbonyl (C=O) groups is 2. The third kappa shape index (κ3) is 6.36. The van der Waals surface area contributed by atoms with E-state index in [1.54, 1.807) is 55.5 Å². The molecule has 32 heavy (non-hydrogen) atoms. The summed E-state index contributed by atoms with van der Waals surface area (Å²) in [5.41, 5.74) is 1.05. The van der Waals surface area contributed by atoms with Crippen molar-refractivity contribution in [2.75, 3.05) is 38.4 Å². The summed E-state index contributed by atoms with van der Waals surface area (Å²) in [7, 11) is 0.742. The fourth-order valence-electron chi connectivity index (χ4n) is 3.12. The normalized spacial score (nSPS) is 11.9. The molecule has 174 valence electrons. The number of methoxy groups -OCH3 is 2. The number of rotatable bonds is 10. The Morgan fingerprint density at radius 2 is 1.66 bits per heavy atom. The predicted octanol–water partition coefficient (Wildman–Crippen LogP) is 1.63. The predicted molar refractivity (Wildman–Crippen MR) is 122 cm³/mol. The van der Waals surface area contributed by atoms with Gasteiger partial charge in [-0.1, -0.05) is 12.1 Å². The number of benzene rings is 2. The lowest BCUT2D eigenvalue weighted by molar-refractivity contribution is -0.139. The topological polar surface area (TPSA) is 105 Å². The lowest BCUT2D eigenvalue weighted by atomic mass is 10.1. The average Bonchev–Trinajstić information content (AvgIpc) is 2.79. The summed E-state index contributed by atoms with van der Waals surface area (Å²) < 4.78 is 36.3. The van der Waals surface area contributed by atoms with Gasteiger partial charge < -0.3 is 19.7 Å². The molecule has 0 aliphatic rings. The lowest BCUT2D eigenvalue weighted by Gasteiger charge is -2.31. The number of carbonyl (C=O) groups excluding carboxylic acids is 2. The van der Waals surface area contributed by atoms with Crippen LogP contribution in [0.4, 0.5) is 5.69 Å². The first-order valence-electron chi connectivity index (χ1n) is 9.86. The summed E-state index contributed by atoms with van der Waals surface area (Å²) in [6, 6.07) is 12.6. The molecule has 0 bridgehead atoms. The molecule has 1 atom stereocenters. The van der Waals surface area contributed by atoms with Crippen LogP contribution in [0, 0.1) is 0 Å². The molecule has 2 aromatic rings. The zero-order chi connectivity index (χ0) is 23.9. The highest BCUT2D eigenvalue weighted by molar-refractivity contribution is 7.92. The maximum atomic E-state index is 13.3. The maximum absolute atomic E-state index is 13.3. The van der Waals surface area contributed by atoms with E-state index < -0.39 is 28.5 Å². The number of anilines is 1. The SMILES string of the molecule is CNC(=O)C(C)N(Cc1cccc(OC)c1)C(=O)CN(c1ccc(OC)cc1)S(C)(=O)=O. The van der Waals surface area contributed by atoms with E-state index >= 15 is 0 Å². The summed E-state index contributed by atoms with van der Waals surface area (Å²) in [5, 5.41) is 2.53. The van der Waals surface area contributed by atoms with Crippen LogP contribution in [0.3, 0.4) is 0 Å². The Morgan fingerprint density at radius 3 is 2.19 bits per heavy atom. The number of amides is 2. The minimum Gasteiger partial charge on any atom is -0.497 e. The number of likely N-dealkylation sites (N-methyl/N-ethyl adjacent to an activating group) is 1. The molecule has 0 aromatic heterocycles. The van der Waals surface area contributed by atoms with Gasteiger partial charge in [0.2, 0.25) is 21.8 Å². The van der Waals surface area contributed by atoms with E-state index in [1.165, 1.54) is 26.2 Å². The Morgan fingerprint density at radius 1 is 1.03 bits per heavy atom. The minimum atomic E-state index is -3.78. The highest BCUT2D eigenvalue weighted by Crippen LogP contribution is 2.22. The van der Waals surface area contributed by atoms with Crippen LogP contribution in [0.15, 0.2) is 48.5 Å². The van der Waals surface area contributed by atoms with Gasteiger partial charge >= 0.3 is 0 Å². The van der Waals surface area contributed by atoms with E-state index in [0.717, 1.165) is 16.1 Å². The fourth-order valence-corrected chi connectivity index (χ4v) is 3.97. The molecule has 0 radical (unpaired) electrons. The van der Waals surface area contributed by atoms with Gasteiger partial charge in [-0.05, 0) is 48.9 Å². The zero-order valence-electron chi connectivity index (χ0n) is 18.9. The van der Waals surface area contributed by atoms with Gasteiger partial charge in [-0.15, -0.1) is 0 Å². The first kappa shape index (κ1) is 25.0. The van der Waals surface area contributed by atoms with Gasteiger partial charge in [0.05, 0.1) is 26.2 Å². The van der Waals surface area contributed by atoms with Crippen molar-refractivity contribution < 1.29 is 27.5 Å². The van der Waals surface area contributed by atoms with Gasteiger partial charge in [0.25, 0.3) is 0 Å². The molecule has 2 amide bonds. The average molecular weight is 464 g/mol. The Kier molecular flexibility index (Phi) is 8.48. The van der Waals surface area contributed by atoms with Crippen molar-refractivity contribution in [3.05, 3.63) is 54.1 Å². The number of nitrogens with one attached hydrogen (secondary N) is 1. The molecule has 0 fully saturated rings. The van der Waals surface area contributed by atoms with Crippen LogP contribution < -0.4 is 19.1 Å². The summed E-state index contributed by atoms with van der Waals surface area (Å²) in [4.78, 5) is 27.0. The van der Waals surface area contributed by atoms with Crippen LogP contribution in [-0.4, -0.2) is 65.2 Å². The number of hydrogen-bond acceptors (Lipinski definition) is 6. The molecule has 0 heterocycles. The van der Waals surface area contributed by atoms with Gasteiger partial charge in [-0.3, -0.25) is 13.9 Å². The van der Waals surface area contributed by atoms with Crippen LogP contribution >= 0.6 is 0 Å². The second-order valence-electron chi connectivity index (χ2n) is 7.13. The van der Waals surface area contributed by atoms with E-state index in [1.807, 2.05) is 0 Å². The summed E-state index contributed by atoms with van der Waals surface area (Å²) in [5.74, 6) is 0.279. The highest BCUT2D eigenvalue weighted by Gasteiger charge is 2.29. The first-order chi connectivity index (χ1) is 15.1. The Bertz CT molecular complexity index is 1040. The molecular formula is C22H29N3O6S. The van der Waals surface area contributed by atoms with E-state index in [0.29, 0.717) is 17.2 Å². The first-order valence-corrected chi connectivity index (χ1v) is 11.7. The number of sulfonamides is 1. The largest absolute Gasteiger partial charge is 0.497 e. The van der Waals surface area contributed by atoms with Crippen molar-refractivity contribution in [2.24, 2.45) is 0 Å². The van der Waals surface area contributed by atoms with E-state index in [-0.39, 0.29) is 12.5 Å². The maximum Gasteiger partial charge on any atom is 0.244 e. The van der Waals surface area contributed by atoms with Crippen molar-refractivity contribution in [1.29, 1.82) is 0 Å². The fraction of sp³-hybridized carbons (Fsp3) is 0.364. The van der Waals surface area contributed by atoms with Crippen LogP contribution in [-0.2, 0) is 26.2 Å². The van der Waals surface area contributed by atoms with Crippen molar-refractivity contribution in [1.82, 2.24) is 10.2 Å². The summed E-state index contributed by atoms with van der Waals surface area (Å²) in [6.45, 7) is 1.23. The standard InChI is InChI=1S/C22H29N3O6S/c1-16(22(27)23-2)24(14-17-7-6-8-20(13-17)31-4)21(26)15-25(32(5,28)29)18-9-11-19(30-3)12-10-18/h6-13,16H,14-15H2,1-5H3,(H,23,27). The molecule has 9 nitrogen and oxygen atoms in total. The highest BCUT2D eigenvalue weighted by atomic mass is 32.2. The molecule has 0 spiro atoms. The molecular weight excluding hydrogens is 434 g/mol. The quantitative estimate of drug-likeness (QED) is 0.574. The third-order valence-electron chi connectivity index (χ3n) is 4.94. The molecule has 2 aromatic carbocycles. The monoisotopic (exact) mass is 463 g/mol. The Balaban J connectivity index is 2.37. The van der Waals surface area contributed by atoms with Gasteiger partial charge in [-0.2, -0.15) is 0 Å². The van der Waals surface area contributed by atoms with E-state index in [4.69, 9.17) is 9.47 Å². The van der Waals surface area contributed by atoms with Crippen LogP contribution in [0.5, 0.6) is 11.5 Å². The second kappa shape index (κ2) is 10.9. The summed E-state index contributed by atoms with van der Waals surface area (Å²) in [6.07, 6.45) is 1.03. The number of ether oxygens (including phenoxy) is 2. The molecule has 2 rings (SSSR count). The van der Waals surface area contributed by atoms with Gasteiger partial charge in [0.1, 0.15) is 24.1 Å². The second-order valence-corrected chi connectivity index (χ2v) is 9.04. The number of nitrogens with zero attached hydrogens (tertiary/aromatic N) is 2. The van der Waals surface area contributed by atoms with Crippen molar-refractivity contribution in [2.45, 2.75) is 19.5 Å². The molecule has 10 heteroatoms. The van der Waals surface area contributed by atoms with Crippen molar-refractivity contribution in [3.8, 4) is 11.5 Å². The van der Waals surface area contributed by atoms with Gasteiger partial charge in [0.15, 0.2) is 0 Å². The molecule has 0 saturated carbocycles. The molecule has 0 aliphatic carbocycles. The smallest absolute Gasteiger partial charge is 0.244 e. The van der Waals surface area contributed by atoms with Crippen LogP contribution in [0.25, 0.3) is 0 Å².